The van der Waals surface area contributed by atoms with E-state index in [1.54, 1.807) is 0 Å². The number of hydrogen-bond donors (Lipinski definition) is 2. The number of H-pyrrole nitrogens is 1. The van der Waals surface area contributed by atoms with Crippen LogP contribution in [0.25, 0.3) is 33.4 Å². The largest absolute Gasteiger partial charge is 0.478 e. The zero-order chi connectivity index (χ0) is 20.7. The van der Waals surface area contributed by atoms with E-state index >= 15 is 0 Å². The van der Waals surface area contributed by atoms with Crippen LogP contribution < -0.4 is 0 Å². The first-order chi connectivity index (χ1) is 14.6. The molecule has 0 saturated heterocycles. The van der Waals surface area contributed by atoms with Gasteiger partial charge in [0.15, 0.2) is 0 Å². The van der Waals surface area contributed by atoms with E-state index in [2.05, 4.69) is 37.3 Å². The number of tetrazole rings is 1. The number of aromatic carboxylic acids is 1. The van der Waals surface area contributed by atoms with Crippen LogP contribution >= 0.6 is 0 Å². The highest BCUT2D eigenvalue weighted by atomic mass is 16.4. The molecule has 7 nitrogen and oxygen atoms in total. The first kappa shape index (κ1) is 18.5. The second-order valence-corrected chi connectivity index (χ2v) is 7.94. The Hall–Kier alpha value is -3.48. The van der Waals surface area contributed by atoms with E-state index in [4.69, 9.17) is 0 Å². The lowest BCUT2D eigenvalue weighted by Gasteiger charge is -2.26. The molecule has 1 aliphatic rings. The second-order valence-electron chi connectivity index (χ2n) is 7.94. The van der Waals surface area contributed by atoms with Gasteiger partial charge in [-0.1, -0.05) is 49.6 Å². The van der Waals surface area contributed by atoms with Crippen molar-refractivity contribution in [3.05, 3.63) is 53.7 Å². The van der Waals surface area contributed by atoms with Crippen LogP contribution in [0.3, 0.4) is 0 Å². The molecule has 2 N–H and O–H groups in total. The van der Waals surface area contributed by atoms with Crippen LogP contribution in [-0.2, 0) is 0 Å². The molecule has 0 radical (unpaired) electrons. The molecule has 0 unspecified atom stereocenters. The average Bonchev–Trinajstić information content (AvgIpc) is 3.39. The Kier molecular flexibility index (Phi) is 4.58. The number of carboxylic acids is 1. The van der Waals surface area contributed by atoms with Crippen molar-refractivity contribution >= 4 is 16.9 Å². The summed E-state index contributed by atoms with van der Waals surface area (Å²) < 4.78 is 2.26. The van der Waals surface area contributed by atoms with Crippen LogP contribution in [0.5, 0.6) is 0 Å². The molecule has 0 amide bonds. The number of carboxylic acid groups (broad SMARTS) is 1. The minimum atomic E-state index is -0.879. The molecule has 4 aromatic rings. The predicted octanol–water partition coefficient (Wildman–Crippen LogP) is 5.00. The Morgan fingerprint density at radius 1 is 1.10 bits per heavy atom. The molecule has 1 aliphatic carbocycles. The van der Waals surface area contributed by atoms with E-state index < -0.39 is 5.97 Å². The van der Waals surface area contributed by atoms with Gasteiger partial charge >= 0.3 is 5.97 Å². The lowest BCUT2D eigenvalue weighted by atomic mass is 9.95. The molecular formula is C23H23N5O2. The maximum absolute atomic E-state index is 12.2. The normalized spacial score (nSPS) is 15.0. The van der Waals surface area contributed by atoms with Crippen molar-refractivity contribution in [2.45, 2.75) is 45.1 Å². The van der Waals surface area contributed by atoms with Crippen LogP contribution in [0.4, 0.5) is 0 Å². The van der Waals surface area contributed by atoms with Gasteiger partial charge in [0.2, 0.25) is 5.82 Å². The molecule has 0 atom stereocenters. The highest BCUT2D eigenvalue weighted by molar-refractivity contribution is 6.06. The highest BCUT2D eigenvalue weighted by Gasteiger charge is 2.25. The topological polar surface area (TPSA) is 96.7 Å². The molecule has 152 valence electrons. The Morgan fingerprint density at radius 3 is 2.57 bits per heavy atom. The number of aromatic nitrogens is 5. The zero-order valence-corrected chi connectivity index (χ0v) is 16.8. The van der Waals surface area contributed by atoms with Crippen LogP contribution in [0, 0.1) is 6.92 Å². The van der Waals surface area contributed by atoms with Gasteiger partial charge in [-0.15, -0.1) is 10.2 Å². The third-order valence-corrected chi connectivity index (χ3v) is 6.23. The fourth-order valence-electron chi connectivity index (χ4n) is 4.90. The van der Waals surface area contributed by atoms with Crippen molar-refractivity contribution in [3.63, 3.8) is 0 Å². The average molecular weight is 401 g/mol. The SMILES string of the molecule is Cc1c(C(=O)O)c2cc(-c3ccccc3-c3nn[nH]n3)ccc2n1C1CCCCC1. The van der Waals surface area contributed by atoms with Gasteiger partial charge in [0.05, 0.1) is 5.56 Å². The lowest BCUT2D eigenvalue weighted by molar-refractivity contribution is 0.0697. The number of nitrogens with zero attached hydrogens (tertiary/aromatic N) is 4. The maximum atomic E-state index is 12.2. The number of rotatable bonds is 4. The molecule has 2 heterocycles. The molecule has 0 spiro atoms. The summed E-state index contributed by atoms with van der Waals surface area (Å²) in [5.74, 6) is -0.365. The summed E-state index contributed by atoms with van der Waals surface area (Å²) in [6.07, 6.45) is 5.86. The van der Waals surface area contributed by atoms with E-state index in [1.807, 2.05) is 37.3 Å². The van der Waals surface area contributed by atoms with Crippen molar-refractivity contribution in [3.8, 4) is 22.5 Å². The molecule has 2 aromatic heterocycles. The molecule has 5 rings (SSSR count). The van der Waals surface area contributed by atoms with Gasteiger partial charge < -0.3 is 9.67 Å². The molecule has 0 aliphatic heterocycles. The van der Waals surface area contributed by atoms with Crippen LogP contribution in [0.2, 0.25) is 0 Å². The van der Waals surface area contributed by atoms with Crippen molar-refractivity contribution < 1.29 is 9.90 Å². The molecule has 1 saturated carbocycles. The molecule has 30 heavy (non-hydrogen) atoms. The van der Waals surface area contributed by atoms with Gasteiger partial charge in [-0.05, 0) is 48.2 Å². The number of benzene rings is 2. The van der Waals surface area contributed by atoms with E-state index in [0.717, 1.165) is 46.1 Å². The number of carbonyl (C=O) groups is 1. The quantitative estimate of drug-likeness (QED) is 0.501. The van der Waals surface area contributed by atoms with Crippen molar-refractivity contribution in [2.24, 2.45) is 0 Å². The summed E-state index contributed by atoms with van der Waals surface area (Å²) in [6.45, 7) is 1.94. The monoisotopic (exact) mass is 401 g/mol. The maximum Gasteiger partial charge on any atom is 0.338 e. The Bertz CT molecular complexity index is 1220. The summed E-state index contributed by atoms with van der Waals surface area (Å²) in [5.41, 5.74) is 4.97. The Labute approximate surface area is 173 Å². The molecule has 0 bridgehead atoms. The third kappa shape index (κ3) is 2.98. The van der Waals surface area contributed by atoms with Gasteiger partial charge in [0.1, 0.15) is 0 Å². The van der Waals surface area contributed by atoms with Crippen molar-refractivity contribution in [1.82, 2.24) is 25.2 Å². The standard InChI is InChI=1S/C23H23N5O2/c1-14-21(23(29)30)19-13-15(11-12-20(19)28(14)16-7-3-2-4-8-16)17-9-5-6-10-18(17)22-24-26-27-25-22/h5-6,9-13,16H,2-4,7-8H2,1H3,(H,29,30)(H,24,25,26,27). The zero-order valence-electron chi connectivity index (χ0n) is 16.8. The van der Waals surface area contributed by atoms with Gasteiger partial charge in [0.25, 0.3) is 0 Å². The molecular weight excluding hydrogens is 378 g/mol. The van der Waals surface area contributed by atoms with Gasteiger partial charge in [-0.2, -0.15) is 5.21 Å². The van der Waals surface area contributed by atoms with E-state index in [0.29, 0.717) is 17.4 Å². The number of hydrogen-bond acceptors (Lipinski definition) is 4. The van der Waals surface area contributed by atoms with E-state index in [9.17, 15) is 9.90 Å². The molecule has 7 heteroatoms. The number of aromatic amines is 1. The lowest BCUT2D eigenvalue weighted by Crippen LogP contribution is -2.14. The first-order valence-corrected chi connectivity index (χ1v) is 10.4. The van der Waals surface area contributed by atoms with Crippen LogP contribution in [0.1, 0.15) is 54.2 Å². The highest BCUT2D eigenvalue weighted by Crippen LogP contribution is 2.38. The first-order valence-electron chi connectivity index (χ1n) is 10.4. The predicted molar refractivity (Wildman–Crippen MR) is 114 cm³/mol. The summed E-state index contributed by atoms with van der Waals surface area (Å²) in [5, 5.41) is 25.2. The van der Waals surface area contributed by atoms with Crippen molar-refractivity contribution in [1.29, 1.82) is 0 Å². The fraction of sp³-hybridized carbons (Fsp3) is 0.304. The Morgan fingerprint density at radius 2 is 1.87 bits per heavy atom. The minimum absolute atomic E-state index is 0.367. The van der Waals surface area contributed by atoms with Crippen LogP contribution in [-0.4, -0.2) is 36.3 Å². The van der Waals surface area contributed by atoms with Gasteiger partial charge in [-0.25, -0.2) is 4.79 Å². The van der Waals surface area contributed by atoms with E-state index in [-0.39, 0.29) is 0 Å². The van der Waals surface area contributed by atoms with Crippen molar-refractivity contribution in [2.75, 3.05) is 0 Å². The van der Waals surface area contributed by atoms with Gasteiger partial charge in [-0.3, -0.25) is 0 Å². The fourth-order valence-corrected chi connectivity index (χ4v) is 4.90. The summed E-state index contributed by atoms with van der Waals surface area (Å²) in [4.78, 5) is 12.2. The van der Waals surface area contributed by atoms with E-state index in [1.165, 1.54) is 19.3 Å². The summed E-state index contributed by atoms with van der Waals surface area (Å²) in [7, 11) is 0. The van der Waals surface area contributed by atoms with Crippen LogP contribution in [0.15, 0.2) is 42.5 Å². The second kappa shape index (κ2) is 7.40. The molecule has 1 fully saturated rings. The number of nitrogens with one attached hydrogen (secondary N) is 1. The molecule has 2 aromatic carbocycles. The summed E-state index contributed by atoms with van der Waals surface area (Å²) in [6, 6.07) is 14.3. The Balaban J connectivity index is 1.71. The smallest absolute Gasteiger partial charge is 0.338 e. The van der Waals surface area contributed by atoms with Gasteiger partial charge in [0, 0.05) is 28.2 Å². The number of fused-ring (bicyclic) bond motifs is 1. The minimum Gasteiger partial charge on any atom is -0.478 e. The summed E-state index contributed by atoms with van der Waals surface area (Å²) >= 11 is 0. The third-order valence-electron chi connectivity index (χ3n) is 6.23.